The molecule has 0 aliphatic carbocycles. The number of likely N-dealkylation sites (tertiary alicyclic amines) is 1. The zero-order valence-corrected chi connectivity index (χ0v) is 20.9. The first-order chi connectivity index (χ1) is 17.1. The highest BCUT2D eigenvalue weighted by Crippen LogP contribution is 2.33. The SMILES string of the molecule is COC(O)CC1CCN(C(=O)c2ccc(Cl)c(Cn3ccc4cc(OC(F)(F)F)ccc43)c2Cl)CC1. The summed E-state index contributed by atoms with van der Waals surface area (Å²) in [6.45, 7) is 1.30. The number of piperidine rings is 1. The molecular weight excluding hydrogens is 520 g/mol. The summed E-state index contributed by atoms with van der Waals surface area (Å²) < 4.78 is 48.3. The van der Waals surface area contributed by atoms with Crippen LogP contribution in [-0.4, -0.2) is 53.3 Å². The molecule has 1 atom stereocenters. The van der Waals surface area contributed by atoms with Gasteiger partial charge in [-0.25, -0.2) is 0 Å². The molecule has 2 heterocycles. The minimum Gasteiger partial charge on any atom is -0.406 e. The molecule has 1 unspecified atom stereocenters. The van der Waals surface area contributed by atoms with Gasteiger partial charge >= 0.3 is 6.36 Å². The van der Waals surface area contributed by atoms with Crippen LogP contribution in [0.4, 0.5) is 13.2 Å². The maximum atomic E-state index is 13.2. The third-order valence-corrected chi connectivity index (χ3v) is 7.22. The number of amides is 1. The molecule has 1 aliphatic rings. The summed E-state index contributed by atoms with van der Waals surface area (Å²) in [4.78, 5) is 15.0. The number of aliphatic hydroxyl groups excluding tert-OH is 1. The van der Waals surface area contributed by atoms with Gasteiger partial charge in [-0.3, -0.25) is 4.79 Å². The van der Waals surface area contributed by atoms with Crippen LogP contribution in [0.15, 0.2) is 42.6 Å². The number of aromatic nitrogens is 1. The molecule has 36 heavy (non-hydrogen) atoms. The van der Waals surface area contributed by atoms with Gasteiger partial charge in [0.2, 0.25) is 0 Å². The predicted octanol–water partition coefficient (Wildman–Crippen LogP) is 6.10. The van der Waals surface area contributed by atoms with Crippen LogP contribution in [-0.2, 0) is 11.3 Å². The Hall–Kier alpha value is -2.46. The summed E-state index contributed by atoms with van der Waals surface area (Å²) in [5, 5.41) is 10.9. The van der Waals surface area contributed by atoms with Gasteiger partial charge < -0.3 is 24.0 Å². The van der Waals surface area contributed by atoms with E-state index in [2.05, 4.69) is 4.74 Å². The Morgan fingerprint density at radius 3 is 2.56 bits per heavy atom. The Bertz CT molecular complexity index is 1240. The second-order valence-corrected chi connectivity index (χ2v) is 9.55. The van der Waals surface area contributed by atoms with E-state index in [1.165, 1.54) is 25.3 Å². The molecule has 194 valence electrons. The molecule has 1 fully saturated rings. The van der Waals surface area contributed by atoms with E-state index in [4.69, 9.17) is 27.9 Å². The topological polar surface area (TPSA) is 63.9 Å². The lowest BCUT2D eigenvalue weighted by Crippen LogP contribution is -2.39. The maximum absolute atomic E-state index is 13.2. The lowest BCUT2D eigenvalue weighted by molar-refractivity contribution is -0.274. The quantitative estimate of drug-likeness (QED) is 0.365. The fourth-order valence-electron chi connectivity index (χ4n) is 4.51. The number of fused-ring (bicyclic) bond motifs is 1. The van der Waals surface area contributed by atoms with Crippen LogP contribution in [0.1, 0.15) is 35.2 Å². The van der Waals surface area contributed by atoms with Crippen molar-refractivity contribution in [1.82, 2.24) is 9.47 Å². The number of rotatable bonds is 7. The van der Waals surface area contributed by atoms with Crippen LogP contribution in [0.2, 0.25) is 10.0 Å². The first-order valence-corrected chi connectivity index (χ1v) is 12.1. The minimum atomic E-state index is -4.77. The Kier molecular flexibility index (Phi) is 8.04. The van der Waals surface area contributed by atoms with Crippen molar-refractivity contribution in [1.29, 1.82) is 0 Å². The van der Waals surface area contributed by atoms with E-state index in [0.717, 1.165) is 12.8 Å². The van der Waals surface area contributed by atoms with Gasteiger partial charge in [0.25, 0.3) is 5.91 Å². The van der Waals surface area contributed by atoms with Crippen molar-refractivity contribution in [3.63, 3.8) is 0 Å². The van der Waals surface area contributed by atoms with Crippen LogP contribution in [0.5, 0.6) is 5.75 Å². The second-order valence-electron chi connectivity index (χ2n) is 8.76. The van der Waals surface area contributed by atoms with Crippen LogP contribution >= 0.6 is 23.2 Å². The summed E-state index contributed by atoms with van der Waals surface area (Å²) in [7, 11) is 1.46. The van der Waals surface area contributed by atoms with E-state index in [1.54, 1.807) is 33.9 Å². The van der Waals surface area contributed by atoms with Crippen molar-refractivity contribution in [2.75, 3.05) is 20.2 Å². The van der Waals surface area contributed by atoms with Crippen LogP contribution in [0, 0.1) is 5.92 Å². The summed E-state index contributed by atoms with van der Waals surface area (Å²) in [5.41, 5.74) is 1.54. The van der Waals surface area contributed by atoms with E-state index in [1.807, 2.05) is 0 Å². The summed E-state index contributed by atoms with van der Waals surface area (Å²) in [5.74, 6) is -0.240. The van der Waals surface area contributed by atoms with Gasteiger partial charge in [0, 0.05) is 54.3 Å². The predicted molar refractivity (Wildman–Crippen MR) is 130 cm³/mol. The molecule has 1 aromatic heterocycles. The van der Waals surface area contributed by atoms with E-state index >= 15 is 0 Å². The number of halogens is 5. The molecule has 6 nitrogen and oxygen atoms in total. The minimum absolute atomic E-state index is 0.199. The average molecular weight is 545 g/mol. The zero-order valence-electron chi connectivity index (χ0n) is 19.4. The molecule has 2 aromatic carbocycles. The lowest BCUT2D eigenvalue weighted by atomic mass is 9.93. The lowest BCUT2D eigenvalue weighted by Gasteiger charge is -2.33. The molecule has 0 saturated carbocycles. The largest absolute Gasteiger partial charge is 0.573 e. The number of benzene rings is 2. The van der Waals surface area contributed by atoms with Crippen molar-refractivity contribution in [3.05, 3.63) is 63.8 Å². The Balaban J connectivity index is 1.51. The average Bonchev–Trinajstić information content (AvgIpc) is 3.22. The van der Waals surface area contributed by atoms with Gasteiger partial charge in [-0.2, -0.15) is 0 Å². The van der Waals surface area contributed by atoms with E-state index in [0.29, 0.717) is 46.6 Å². The summed E-state index contributed by atoms with van der Waals surface area (Å²) in [6.07, 6.45) is -1.84. The zero-order chi connectivity index (χ0) is 26.0. The van der Waals surface area contributed by atoms with E-state index in [-0.39, 0.29) is 29.1 Å². The molecule has 11 heteroatoms. The van der Waals surface area contributed by atoms with E-state index in [9.17, 15) is 23.1 Å². The van der Waals surface area contributed by atoms with Crippen molar-refractivity contribution >= 4 is 40.0 Å². The smallest absolute Gasteiger partial charge is 0.406 e. The second kappa shape index (κ2) is 10.9. The Labute approximate surface area is 216 Å². The number of hydrogen-bond donors (Lipinski definition) is 1. The number of hydrogen-bond acceptors (Lipinski definition) is 4. The van der Waals surface area contributed by atoms with Crippen LogP contribution < -0.4 is 4.74 Å². The number of carbonyl (C=O) groups excluding carboxylic acids is 1. The summed E-state index contributed by atoms with van der Waals surface area (Å²) >= 11 is 13.1. The van der Waals surface area contributed by atoms with Crippen LogP contribution in [0.3, 0.4) is 0 Å². The normalized spacial score (nSPS) is 15.9. The molecule has 0 spiro atoms. The molecule has 4 rings (SSSR count). The third-order valence-electron chi connectivity index (χ3n) is 6.43. The van der Waals surface area contributed by atoms with E-state index < -0.39 is 12.7 Å². The van der Waals surface area contributed by atoms with Crippen molar-refractivity contribution in [2.45, 2.75) is 38.5 Å². The monoisotopic (exact) mass is 544 g/mol. The fraction of sp³-hybridized carbons (Fsp3) is 0.400. The van der Waals surface area contributed by atoms with Gasteiger partial charge in [0.05, 0.1) is 17.1 Å². The number of aliphatic hydroxyl groups is 1. The molecule has 3 aromatic rings. The highest BCUT2D eigenvalue weighted by molar-refractivity contribution is 6.38. The molecule has 1 saturated heterocycles. The number of alkyl halides is 3. The molecule has 1 amide bonds. The van der Waals surface area contributed by atoms with Crippen LogP contribution in [0.25, 0.3) is 10.9 Å². The highest BCUT2D eigenvalue weighted by Gasteiger charge is 2.31. The third kappa shape index (κ3) is 6.08. The van der Waals surface area contributed by atoms with Gasteiger partial charge in [0.1, 0.15) is 5.75 Å². The first-order valence-electron chi connectivity index (χ1n) is 11.4. The van der Waals surface area contributed by atoms with Gasteiger partial charge in [-0.1, -0.05) is 23.2 Å². The number of carbonyl (C=O) groups is 1. The molecule has 1 aliphatic heterocycles. The van der Waals surface area contributed by atoms with Gasteiger partial charge in [-0.05, 0) is 55.2 Å². The first kappa shape index (κ1) is 26.6. The number of ether oxygens (including phenoxy) is 2. The molecule has 1 N–H and O–H groups in total. The van der Waals surface area contributed by atoms with Crippen molar-refractivity contribution in [2.24, 2.45) is 5.92 Å². The molecule has 0 radical (unpaired) electrons. The Morgan fingerprint density at radius 2 is 1.89 bits per heavy atom. The van der Waals surface area contributed by atoms with Gasteiger partial charge in [0.15, 0.2) is 6.29 Å². The highest BCUT2D eigenvalue weighted by atomic mass is 35.5. The maximum Gasteiger partial charge on any atom is 0.573 e. The molecule has 0 bridgehead atoms. The summed E-state index contributed by atoms with van der Waals surface area (Å²) in [6, 6.07) is 8.96. The number of nitrogens with zero attached hydrogens (tertiary/aromatic N) is 2. The molecular formula is C25H25Cl2F3N2O4. The Morgan fingerprint density at radius 1 is 1.17 bits per heavy atom. The standard InChI is InChI=1S/C25H25Cl2F3N2O4/c1-35-22(33)12-15-6-9-31(10-7-15)24(34)18-3-4-20(26)19(23(18)27)14-32-11-8-16-13-17(2-5-21(16)32)36-25(28,29)30/h2-5,8,11,13,15,22,33H,6-7,9-10,12,14H2,1H3. The van der Waals surface area contributed by atoms with Gasteiger partial charge in [-0.15, -0.1) is 13.2 Å². The number of methoxy groups -OCH3 is 1. The fourth-order valence-corrected chi connectivity index (χ4v) is 5.09. The van der Waals surface area contributed by atoms with Crippen molar-refractivity contribution < 1.29 is 32.5 Å². The van der Waals surface area contributed by atoms with Crippen molar-refractivity contribution in [3.8, 4) is 5.75 Å².